The van der Waals surface area contributed by atoms with Gasteiger partial charge in [0.05, 0.1) is 5.75 Å². The highest BCUT2D eigenvalue weighted by molar-refractivity contribution is 7.85. The summed E-state index contributed by atoms with van der Waals surface area (Å²) >= 11 is 0. The van der Waals surface area contributed by atoms with Crippen molar-refractivity contribution in [2.24, 2.45) is 13.0 Å². The third-order valence-electron chi connectivity index (χ3n) is 2.98. The Bertz CT molecular complexity index is 574. The second-order valence-electron chi connectivity index (χ2n) is 4.81. The SMILES string of the molecule is Cc1cn(C)c(=O)cc1C[C@H](C)CCS(=O)(=O)O. The van der Waals surface area contributed by atoms with Crippen LogP contribution < -0.4 is 5.56 Å². The molecule has 0 aromatic carbocycles. The van der Waals surface area contributed by atoms with Crippen LogP contribution in [0.1, 0.15) is 24.5 Å². The highest BCUT2D eigenvalue weighted by atomic mass is 32.2. The summed E-state index contributed by atoms with van der Waals surface area (Å²) in [5.41, 5.74) is 1.87. The summed E-state index contributed by atoms with van der Waals surface area (Å²) in [6, 6.07) is 1.58. The summed E-state index contributed by atoms with van der Waals surface area (Å²) in [7, 11) is -2.21. The second-order valence-corrected chi connectivity index (χ2v) is 6.39. The third kappa shape index (κ3) is 4.62. The van der Waals surface area contributed by atoms with Gasteiger partial charge in [0.2, 0.25) is 0 Å². The molecule has 0 saturated heterocycles. The van der Waals surface area contributed by atoms with E-state index in [0.29, 0.717) is 12.8 Å². The van der Waals surface area contributed by atoms with Crippen molar-refractivity contribution in [2.45, 2.75) is 26.7 Å². The Labute approximate surface area is 107 Å². The van der Waals surface area contributed by atoms with Crippen LogP contribution in [0.2, 0.25) is 0 Å². The number of hydrogen-bond acceptors (Lipinski definition) is 3. The van der Waals surface area contributed by atoms with E-state index in [9.17, 15) is 13.2 Å². The van der Waals surface area contributed by atoms with E-state index < -0.39 is 10.1 Å². The van der Waals surface area contributed by atoms with E-state index in [2.05, 4.69) is 0 Å². The summed E-state index contributed by atoms with van der Waals surface area (Å²) in [5.74, 6) is -0.143. The van der Waals surface area contributed by atoms with Crippen LogP contribution in [-0.2, 0) is 23.6 Å². The van der Waals surface area contributed by atoms with E-state index in [1.165, 1.54) is 4.57 Å². The van der Waals surface area contributed by atoms with E-state index in [-0.39, 0.29) is 17.2 Å². The second kappa shape index (κ2) is 5.67. The Hall–Kier alpha value is -1.14. The molecule has 0 aliphatic heterocycles. The molecule has 0 unspecified atom stereocenters. The molecule has 6 heteroatoms. The number of rotatable bonds is 5. The van der Waals surface area contributed by atoms with Crippen molar-refractivity contribution in [1.29, 1.82) is 0 Å². The summed E-state index contributed by atoms with van der Waals surface area (Å²) in [6.07, 6.45) is 2.79. The third-order valence-corrected chi connectivity index (χ3v) is 3.73. The van der Waals surface area contributed by atoms with Crippen LogP contribution >= 0.6 is 0 Å². The predicted octanol–water partition coefficient (Wildman–Crippen LogP) is 1.15. The largest absolute Gasteiger partial charge is 0.318 e. The quantitative estimate of drug-likeness (QED) is 0.816. The molecule has 0 amide bonds. The van der Waals surface area contributed by atoms with E-state index in [1.54, 1.807) is 19.3 Å². The van der Waals surface area contributed by atoms with Gasteiger partial charge in [-0.1, -0.05) is 6.92 Å². The maximum Gasteiger partial charge on any atom is 0.264 e. The van der Waals surface area contributed by atoms with Gasteiger partial charge < -0.3 is 4.57 Å². The average molecular weight is 273 g/mol. The van der Waals surface area contributed by atoms with Crippen molar-refractivity contribution >= 4 is 10.1 Å². The van der Waals surface area contributed by atoms with E-state index in [1.807, 2.05) is 13.8 Å². The molecule has 0 aliphatic rings. The number of aryl methyl sites for hydroxylation is 2. The molecule has 1 aromatic heterocycles. The molecule has 1 heterocycles. The molecule has 1 rings (SSSR count). The lowest BCUT2D eigenvalue weighted by molar-refractivity contribution is 0.468. The first-order chi connectivity index (χ1) is 8.19. The number of hydrogen-bond donors (Lipinski definition) is 1. The molecule has 0 aliphatic carbocycles. The Morgan fingerprint density at radius 3 is 2.61 bits per heavy atom. The highest BCUT2D eigenvalue weighted by Gasteiger charge is 2.11. The zero-order chi connectivity index (χ0) is 13.9. The fourth-order valence-corrected chi connectivity index (χ4v) is 2.55. The van der Waals surface area contributed by atoms with Gasteiger partial charge in [0.25, 0.3) is 15.7 Å². The predicted molar refractivity (Wildman–Crippen MR) is 70.3 cm³/mol. The zero-order valence-corrected chi connectivity index (χ0v) is 11.7. The fourth-order valence-electron chi connectivity index (χ4n) is 1.85. The molecular weight excluding hydrogens is 254 g/mol. The van der Waals surface area contributed by atoms with Crippen LogP contribution in [0.3, 0.4) is 0 Å². The van der Waals surface area contributed by atoms with Gasteiger partial charge in [-0.25, -0.2) is 0 Å². The molecule has 18 heavy (non-hydrogen) atoms. The van der Waals surface area contributed by atoms with Crippen LogP contribution in [0, 0.1) is 12.8 Å². The van der Waals surface area contributed by atoms with Gasteiger partial charge in [0.1, 0.15) is 0 Å². The molecule has 1 atom stereocenters. The van der Waals surface area contributed by atoms with Gasteiger partial charge in [-0.2, -0.15) is 8.42 Å². The van der Waals surface area contributed by atoms with Gasteiger partial charge in [-0.05, 0) is 36.8 Å². The summed E-state index contributed by atoms with van der Waals surface area (Å²) in [6.45, 7) is 3.83. The van der Waals surface area contributed by atoms with Crippen molar-refractivity contribution in [3.8, 4) is 0 Å². The Kier molecular flexibility index (Phi) is 4.70. The number of aromatic nitrogens is 1. The normalized spacial score (nSPS) is 13.6. The first kappa shape index (κ1) is 14.9. The lowest BCUT2D eigenvalue weighted by atomic mass is 9.97. The minimum absolute atomic E-state index is 0.0717. The van der Waals surface area contributed by atoms with Crippen LogP contribution in [-0.4, -0.2) is 23.3 Å². The molecular formula is C12H19NO4S. The molecule has 0 saturated carbocycles. The van der Waals surface area contributed by atoms with Crippen molar-refractivity contribution in [1.82, 2.24) is 4.57 Å². The van der Waals surface area contributed by atoms with Crippen molar-refractivity contribution in [3.05, 3.63) is 33.7 Å². The lowest BCUT2D eigenvalue weighted by Crippen LogP contribution is -2.18. The Balaban J connectivity index is 2.73. The first-order valence-corrected chi connectivity index (χ1v) is 7.41. The molecule has 102 valence electrons. The number of nitrogens with zero attached hydrogens (tertiary/aromatic N) is 1. The molecule has 0 fully saturated rings. The lowest BCUT2D eigenvalue weighted by Gasteiger charge is -2.13. The minimum atomic E-state index is -3.90. The van der Waals surface area contributed by atoms with Gasteiger partial charge >= 0.3 is 0 Å². The maximum absolute atomic E-state index is 11.5. The molecule has 1 aromatic rings. The molecule has 0 spiro atoms. The van der Waals surface area contributed by atoms with Gasteiger partial charge in [-0.15, -0.1) is 0 Å². The van der Waals surface area contributed by atoms with Crippen LogP contribution in [0.15, 0.2) is 17.1 Å². The van der Waals surface area contributed by atoms with Gasteiger partial charge in [0, 0.05) is 19.3 Å². The summed E-state index contributed by atoms with van der Waals surface area (Å²) < 4.78 is 31.5. The fraction of sp³-hybridized carbons (Fsp3) is 0.583. The van der Waals surface area contributed by atoms with E-state index in [4.69, 9.17) is 4.55 Å². The smallest absolute Gasteiger partial charge is 0.264 e. The van der Waals surface area contributed by atoms with Crippen LogP contribution in [0.4, 0.5) is 0 Å². The van der Waals surface area contributed by atoms with Crippen molar-refractivity contribution in [3.63, 3.8) is 0 Å². The van der Waals surface area contributed by atoms with E-state index in [0.717, 1.165) is 11.1 Å². The monoisotopic (exact) mass is 273 g/mol. The molecule has 0 bridgehead atoms. The first-order valence-electron chi connectivity index (χ1n) is 5.80. The standard InChI is InChI=1S/C12H19NO4S/c1-9(4-5-18(15,16)17)6-11-7-12(14)13(3)8-10(11)2/h7-9H,4-6H2,1-3H3,(H,15,16,17)/t9-/m1/s1. The Morgan fingerprint density at radius 1 is 1.44 bits per heavy atom. The molecule has 0 radical (unpaired) electrons. The summed E-state index contributed by atoms with van der Waals surface area (Å²) in [4.78, 5) is 11.5. The van der Waals surface area contributed by atoms with Crippen molar-refractivity contribution < 1.29 is 13.0 Å². The maximum atomic E-state index is 11.5. The van der Waals surface area contributed by atoms with Gasteiger partial charge in [-0.3, -0.25) is 9.35 Å². The van der Waals surface area contributed by atoms with E-state index >= 15 is 0 Å². The number of pyridine rings is 1. The molecule has 1 N–H and O–H groups in total. The summed E-state index contributed by atoms with van der Waals surface area (Å²) in [5, 5.41) is 0. The Morgan fingerprint density at radius 2 is 2.06 bits per heavy atom. The van der Waals surface area contributed by atoms with Crippen LogP contribution in [0.25, 0.3) is 0 Å². The zero-order valence-electron chi connectivity index (χ0n) is 10.9. The van der Waals surface area contributed by atoms with Crippen LogP contribution in [0.5, 0.6) is 0 Å². The minimum Gasteiger partial charge on any atom is -0.318 e. The van der Waals surface area contributed by atoms with Crippen molar-refractivity contribution in [2.75, 3.05) is 5.75 Å². The molecule has 5 nitrogen and oxygen atoms in total. The highest BCUT2D eigenvalue weighted by Crippen LogP contribution is 2.14. The average Bonchev–Trinajstić information content (AvgIpc) is 2.22. The topological polar surface area (TPSA) is 76.4 Å². The van der Waals surface area contributed by atoms with Gasteiger partial charge in [0.15, 0.2) is 0 Å².